The van der Waals surface area contributed by atoms with Crippen molar-refractivity contribution in [3.05, 3.63) is 38.3 Å². The zero-order valence-corrected chi connectivity index (χ0v) is 11.7. The monoisotopic (exact) mass is 299 g/mol. The molecule has 2 rings (SSSR count). The van der Waals surface area contributed by atoms with Crippen LogP contribution in [0, 0.1) is 6.92 Å². The van der Waals surface area contributed by atoms with Crippen molar-refractivity contribution >= 4 is 27.3 Å². The molecule has 1 atom stereocenters. The molecule has 0 bridgehead atoms. The first-order chi connectivity index (χ1) is 7.66. The number of aryl methyl sites for hydroxylation is 1. The molecule has 5 heteroatoms. The third-order valence-electron chi connectivity index (χ3n) is 2.54. The second-order valence-corrected chi connectivity index (χ2v) is 5.70. The minimum atomic E-state index is 0.319. The summed E-state index contributed by atoms with van der Waals surface area (Å²) in [5, 5.41) is 12.6. The smallest absolute Gasteiger partial charge is 0.0537 e. The van der Waals surface area contributed by atoms with Crippen molar-refractivity contribution in [2.75, 3.05) is 0 Å². The molecular weight excluding hydrogens is 286 g/mol. The molecule has 0 spiro atoms. The Hall–Kier alpha value is -0.650. The Morgan fingerprint density at radius 1 is 1.62 bits per heavy atom. The SMILES string of the molecule is Cc1[nH]ncc1C(C)NCc1cc(Br)cs1. The highest BCUT2D eigenvalue weighted by Gasteiger charge is 2.09. The zero-order chi connectivity index (χ0) is 11.5. The number of hydrogen-bond donors (Lipinski definition) is 2. The Kier molecular flexibility index (Phi) is 3.78. The van der Waals surface area contributed by atoms with Gasteiger partial charge in [-0.15, -0.1) is 11.3 Å². The van der Waals surface area contributed by atoms with Crippen LogP contribution in [0.5, 0.6) is 0 Å². The quantitative estimate of drug-likeness (QED) is 0.908. The molecule has 3 nitrogen and oxygen atoms in total. The lowest BCUT2D eigenvalue weighted by atomic mass is 10.1. The number of aromatic amines is 1. The lowest BCUT2D eigenvalue weighted by Crippen LogP contribution is -2.17. The van der Waals surface area contributed by atoms with Gasteiger partial charge in [-0.1, -0.05) is 0 Å². The van der Waals surface area contributed by atoms with Gasteiger partial charge < -0.3 is 5.32 Å². The summed E-state index contributed by atoms with van der Waals surface area (Å²) in [6.07, 6.45) is 1.89. The van der Waals surface area contributed by atoms with Gasteiger partial charge in [-0.3, -0.25) is 5.10 Å². The maximum Gasteiger partial charge on any atom is 0.0537 e. The van der Waals surface area contributed by atoms with E-state index < -0.39 is 0 Å². The normalized spacial score (nSPS) is 12.9. The van der Waals surface area contributed by atoms with Gasteiger partial charge in [0.15, 0.2) is 0 Å². The molecule has 0 saturated carbocycles. The van der Waals surface area contributed by atoms with Crippen molar-refractivity contribution in [2.24, 2.45) is 0 Å². The van der Waals surface area contributed by atoms with Gasteiger partial charge in [0.05, 0.1) is 6.20 Å². The first-order valence-corrected chi connectivity index (χ1v) is 6.80. The van der Waals surface area contributed by atoms with Crippen molar-refractivity contribution in [3.63, 3.8) is 0 Å². The van der Waals surface area contributed by atoms with Crippen LogP contribution in [0.4, 0.5) is 0 Å². The van der Waals surface area contributed by atoms with Gasteiger partial charge in [-0.05, 0) is 35.8 Å². The van der Waals surface area contributed by atoms with Crippen molar-refractivity contribution in [1.29, 1.82) is 0 Å². The zero-order valence-electron chi connectivity index (χ0n) is 9.25. The summed E-state index contributed by atoms with van der Waals surface area (Å²) in [6, 6.07) is 2.46. The topological polar surface area (TPSA) is 40.7 Å². The Morgan fingerprint density at radius 3 is 3.00 bits per heavy atom. The van der Waals surface area contributed by atoms with E-state index in [-0.39, 0.29) is 0 Å². The van der Waals surface area contributed by atoms with Gasteiger partial charge >= 0.3 is 0 Å². The predicted octanol–water partition coefficient (Wildman–Crippen LogP) is 3.39. The highest BCUT2D eigenvalue weighted by molar-refractivity contribution is 9.10. The molecule has 0 aromatic carbocycles. The Balaban J connectivity index is 1.93. The van der Waals surface area contributed by atoms with Crippen LogP contribution in [0.25, 0.3) is 0 Å². The van der Waals surface area contributed by atoms with Crippen molar-refractivity contribution < 1.29 is 0 Å². The molecule has 0 radical (unpaired) electrons. The number of hydrogen-bond acceptors (Lipinski definition) is 3. The van der Waals surface area contributed by atoms with Gasteiger partial charge in [0, 0.05) is 38.6 Å². The highest BCUT2D eigenvalue weighted by atomic mass is 79.9. The Morgan fingerprint density at radius 2 is 2.44 bits per heavy atom. The van der Waals surface area contributed by atoms with Crippen LogP contribution < -0.4 is 5.32 Å². The van der Waals surface area contributed by atoms with Crippen molar-refractivity contribution in [1.82, 2.24) is 15.5 Å². The fourth-order valence-corrected chi connectivity index (χ4v) is 3.01. The maximum absolute atomic E-state index is 4.03. The molecule has 0 aliphatic rings. The molecule has 2 N–H and O–H groups in total. The molecule has 0 saturated heterocycles. The van der Waals surface area contributed by atoms with Crippen LogP contribution in [-0.2, 0) is 6.54 Å². The van der Waals surface area contributed by atoms with Gasteiger partial charge in [0.1, 0.15) is 0 Å². The summed E-state index contributed by atoms with van der Waals surface area (Å²) in [5.74, 6) is 0. The molecule has 0 aliphatic heterocycles. The first kappa shape index (κ1) is 11.8. The average molecular weight is 300 g/mol. The summed E-state index contributed by atoms with van der Waals surface area (Å²) in [7, 11) is 0. The van der Waals surface area contributed by atoms with E-state index >= 15 is 0 Å². The van der Waals surface area contributed by atoms with E-state index in [2.05, 4.69) is 49.8 Å². The van der Waals surface area contributed by atoms with Crippen LogP contribution in [0.2, 0.25) is 0 Å². The van der Waals surface area contributed by atoms with E-state index in [1.807, 2.05) is 13.1 Å². The van der Waals surface area contributed by atoms with Crippen LogP contribution >= 0.6 is 27.3 Å². The Labute approximate surface area is 107 Å². The summed E-state index contributed by atoms with van der Waals surface area (Å²) in [4.78, 5) is 1.33. The largest absolute Gasteiger partial charge is 0.305 e. The third kappa shape index (κ3) is 2.72. The van der Waals surface area contributed by atoms with E-state index in [0.29, 0.717) is 6.04 Å². The standard InChI is InChI=1S/C11H14BrN3S/c1-7(11-5-14-15-8(11)2)13-4-10-3-9(12)6-16-10/h3,5-7,13H,4H2,1-2H3,(H,14,15). The number of thiophene rings is 1. The second kappa shape index (κ2) is 5.12. The number of aromatic nitrogens is 2. The van der Waals surface area contributed by atoms with Crippen LogP contribution in [0.15, 0.2) is 22.1 Å². The molecule has 0 amide bonds. The predicted molar refractivity (Wildman–Crippen MR) is 70.6 cm³/mol. The number of halogens is 1. The van der Waals surface area contributed by atoms with E-state index in [0.717, 1.165) is 16.7 Å². The van der Waals surface area contributed by atoms with Crippen LogP contribution in [-0.4, -0.2) is 10.2 Å². The van der Waals surface area contributed by atoms with Gasteiger partial charge in [0.2, 0.25) is 0 Å². The number of nitrogens with one attached hydrogen (secondary N) is 2. The molecule has 0 fully saturated rings. The van der Waals surface area contributed by atoms with E-state index in [9.17, 15) is 0 Å². The fraction of sp³-hybridized carbons (Fsp3) is 0.364. The van der Waals surface area contributed by atoms with Gasteiger partial charge in [0.25, 0.3) is 0 Å². The molecule has 16 heavy (non-hydrogen) atoms. The first-order valence-electron chi connectivity index (χ1n) is 5.13. The van der Waals surface area contributed by atoms with Crippen molar-refractivity contribution in [3.8, 4) is 0 Å². The molecule has 1 unspecified atom stereocenters. The molecule has 2 aromatic heterocycles. The Bertz CT molecular complexity index is 463. The van der Waals surface area contributed by atoms with Crippen molar-refractivity contribution in [2.45, 2.75) is 26.4 Å². The maximum atomic E-state index is 4.03. The molecule has 2 heterocycles. The summed E-state index contributed by atoms with van der Waals surface area (Å²) >= 11 is 5.22. The van der Waals surface area contributed by atoms with E-state index in [1.54, 1.807) is 11.3 Å². The summed E-state index contributed by atoms with van der Waals surface area (Å²) in [6.45, 7) is 5.09. The van der Waals surface area contributed by atoms with Gasteiger partial charge in [-0.25, -0.2) is 0 Å². The molecule has 86 valence electrons. The third-order valence-corrected chi connectivity index (χ3v) is 4.24. The van der Waals surface area contributed by atoms with Crippen LogP contribution in [0.3, 0.4) is 0 Å². The highest BCUT2D eigenvalue weighted by Crippen LogP contribution is 2.21. The van der Waals surface area contributed by atoms with E-state index in [4.69, 9.17) is 0 Å². The van der Waals surface area contributed by atoms with Crippen LogP contribution in [0.1, 0.15) is 29.1 Å². The van der Waals surface area contributed by atoms with E-state index in [1.165, 1.54) is 10.4 Å². The fourth-order valence-electron chi connectivity index (χ4n) is 1.61. The minimum absolute atomic E-state index is 0.319. The number of rotatable bonds is 4. The number of H-pyrrole nitrogens is 1. The summed E-state index contributed by atoms with van der Waals surface area (Å²) < 4.78 is 1.15. The molecule has 2 aromatic rings. The molecule has 0 aliphatic carbocycles. The van der Waals surface area contributed by atoms with Gasteiger partial charge in [-0.2, -0.15) is 5.10 Å². The lowest BCUT2D eigenvalue weighted by molar-refractivity contribution is 0.576. The lowest BCUT2D eigenvalue weighted by Gasteiger charge is -2.12. The minimum Gasteiger partial charge on any atom is -0.305 e. The summed E-state index contributed by atoms with van der Waals surface area (Å²) in [5.41, 5.74) is 2.36. The second-order valence-electron chi connectivity index (χ2n) is 3.78. The number of nitrogens with zero attached hydrogens (tertiary/aromatic N) is 1. The average Bonchev–Trinajstić information content (AvgIpc) is 2.84. The molecular formula is C11H14BrN3S.